The van der Waals surface area contributed by atoms with Crippen LogP contribution in [-0.4, -0.2) is 15.8 Å². The van der Waals surface area contributed by atoms with E-state index in [2.05, 4.69) is 93.6 Å². The van der Waals surface area contributed by atoms with Crippen LogP contribution in [0.4, 0.5) is 0 Å². The average Bonchev–Trinajstić information content (AvgIpc) is 2.62. The standard InChI is InChI=1S/C23H26OSi/c1-4-23(2,3)24-19-15-20(17-11-7-5-8-12-17)22(21(25)16-19)18-13-9-6-10-14-18/h5-16H,4H2,1-3,25H3. The van der Waals surface area contributed by atoms with Gasteiger partial charge in [-0.3, -0.25) is 0 Å². The van der Waals surface area contributed by atoms with Crippen LogP contribution in [0.3, 0.4) is 0 Å². The van der Waals surface area contributed by atoms with Crippen molar-refractivity contribution < 1.29 is 4.74 Å². The van der Waals surface area contributed by atoms with Gasteiger partial charge in [-0.1, -0.05) is 72.8 Å². The van der Waals surface area contributed by atoms with E-state index in [1.54, 1.807) is 0 Å². The van der Waals surface area contributed by atoms with Gasteiger partial charge in [0.2, 0.25) is 0 Å². The van der Waals surface area contributed by atoms with Gasteiger partial charge in [0.05, 0.1) is 0 Å². The van der Waals surface area contributed by atoms with Crippen LogP contribution >= 0.6 is 0 Å². The van der Waals surface area contributed by atoms with Crippen LogP contribution in [0.2, 0.25) is 0 Å². The molecule has 3 aromatic carbocycles. The molecule has 0 aliphatic carbocycles. The predicted molar refractivity (Wildman–Crippen MR) is 112 cm³/mol. The monoisotopic (exact) mass is 346 g/mol. The fraction of sp³-hybridized carbons (Fsp3) is 0.217. The molecule has 0 aliphatic heterocycles. The fourth-order valence-corrected chi connectivity index (χ4v) is 3.88. The molecule has 1 nitrogen and oxygen atoms in total. The molecule has 0 aromatic heterocycles. The molecule has 0 N–H and O–H groups in total. The molecule has 128 valence electrons. The smallest absolute Gasteiger partial charge is 0.120 e. The summed E-state index contributed by atoms with van der Waals surface area (Å²) in [5.74, 6) is 0.968. The molecule has 25 heavy (non-hydrogen) atoms. The normalized spacial score (nSPS) is 11.5. The molecule has 0 saturated carbocycles. The molecule has 0 radical (unpaired) electrons. The quantitative estimate of drug-likeness (QED) is 0.615. The maximum atomic E-state index is 6.31. The van der Waals surface area contributed by atoms with Crippen molar-refractivity contribution in [2.75, 3.05) is 0 Å². The van der Waals surface area contributed by atoms with Crippen LogP contribution in [0.5, 0.6) is 5.75 Å². The van der Waals surface area contributed by atoms with Gasteiger partial charge in [-0.25, -0.2) is 0 Å². The maximum absolute atomic E-state index is 6.31. The maximum Gasteiger partial charge on any atom is 0.120 e. The van der Waals surface area contributed by atoms with E-state index in [-0.39, 0.29) is 5.60 Å². The lowest BCUT2D eigenvalue weighted by atomic mass is 9.94. The fourth-order valence-electron chi connectivity index (χ4n) is 3.04. The lowest BCUT2D eigenvalue weighted by molar-refractivity contribution is 0.105. The highest BCUT2D eigenvalue weighted by Gasteiger charge is 2.19. The molecular formula is C23H26OSi. The first-order valence-corrected chi connectivity index (χ1v) is 9.94. The van der Waals surface area contributed by atoms with Gasteiger partial charge in [0.25, 0.3) is 0 Å². The number of hydrogen-bond donors (Lipinski definition) is 0. The minimum Gasteiger partial charge on any atom is -0.488 e. The molecule has 0 fully saturated rings. The van der Waals surface area contributed by atoms with E-state index in [4.69, 9.17) is 4.74 Å². The van der Waals surface area contributed by atoms with Crippen LogP contribution in [0, 0.1) is 0 Å². The van der Waals surface area contributed by atoms with Gasteiger partial charge >= 0.3 is 0 Å². The zero-order chi connectivity index (χ0) is 17.9. The van der Waals surface area contributed by atoms with Gasteiger partial charge in [0.15, 0.2) is 0 Å². The van der Waals surface area contributed by atoms with E-state index in [0.29, 0.717) is 0 Å². The summed E-state index contributed by atoms with van der Waals surface area (Å²) < 4.78 is 6.31. The Bertz CT molecular complexity index is 839. The molecule has 0 amide bonds. The van der Waals surface area contributed by atoms with Crippen molar-refractivity contribution in [2.24, 2.45) is 0 Å². The second-order valence-corrected chi connectivity index (χ2v) is 8.19. The van der Waals surface area contributed by atoms with E-state index >= 15 is 0 Å². The number of benzene rings is 3. The number of hydrogen-bond acceptors (Lipinski definition) is 1. The molecule has 3 rings (SSSR count). The van der Waals surface area contributed by atoms with E-state index in [0.717, 1.165) is 22.4 Å². The molecule has 0 heterocycles. The number of ether oxygens (including phenoxy) is 1. The number of rotatable bonds is 5. The van der Waals surface area contributed by atoms with Gasteiger partial charge in [-0.2, -0.15) is 0 Å². The minimum absolute atomic E-state index is 0.157. The highest BCUT2D eigenvalue weighted by molar-refractivity contribution is 6.37. The highest BCUT2D eigenvalue weighted by atomic mass is 28.1. The van der Waals surface area contributed by atoms with Crippen molar-refractivity contribution in [1.82, 2.24) is 0 Å². The lowest BCUT2D eigenvalue weighted by Gasteiger charge is -2.26. The Balaban J connectivity index is 2.18. The predicted octanol–water partition coefficient (Wildman–Crippen LogP) is 4.58. The van der Waals surface area contributed by atoms with Crippen molar-refractivity contribution >= 4 is 15.4 Å². The Morgan fingerprint density at radius 3 is 1.96 bits per heavy atom. The summed E-state index contributed by atoms with van der Waals surface area (Å²) in [6.45, 7) is 6.46. The molecule has 0 atom stereocenters. The largest absolute Gasteiger partial charge is 0.488 e. The SMILES string of the molecule is CCC(C)(C)Oc1cc([SiH3])c(-c2ccccc2)c(-c2ccccc2)c1. The molecule has 0 unspecified atom stereocenters. The van der Waals surface area contributed by atoms with Crippen LogP contribution in [0.25, 0.3) is 22.3 Å². The van der Waals surface area contributed by atoms with Gasteiger partial charge in [-0.15, -0.1) is 0 Å². The molecule has 3 aromatic rings. The van der Waals surface area contributed by atoms with Crippen molar-refractivity contribution in [3.8, 4) is 28.0 Å². The second-order valence-electron chi connectivity index (χ2n) is 7.11. The topological polar surface area (TPSA) is 9.23 Å². The summed E-state index contributed by atoms with van der Waals surface area (Å²) in [4.78, 5) is 0. The van der Waals surface area contributed by atoms with Crippen molar-refractivity contribution in [3.05, 3.63) is 72.8 Å². The summed E-state index contributed by atoms with van der Waals surface area (Å²) in [5.41, 5.74) is 4.93. The van der Waals surface area contributed by atoms with Crippen LogP contribution in [0.15, 0.2) is 72.8 Å². The Morgan fingerprint density at radius 1 is 0.840 bits per heavy atom. The zero-order valence-electron chi connectivity index (χ0n) is 15.5. The van der Waals surface area contributed by atoms with Crippen molar-refractivity contribution in [1.29, 1.82) is 0 Å². The van der Waals surface area contributed by atoms with E-state index in [9.17, 15) is 0 Å². The first-order valence-electron chi connectivity index (χ1n) is 8.94. The third kappa shape index (κ3) is 4.02. The molecule has 0 aliphatic rings. The molecule has 2 heteroatoms. The second kappa shape index (κ2) is 7.28. The minimum atomic E-state index is -0.157. The average molecular weight is 347 g/mol. The Hall–Kier alpha value is -2.32. The first-order chi connectivity index (χ1) is 12.0. The van der Waals surface area contributed by atoms with Gasteiger partial charge in [0.1, 0.15) is 11.4 Å². The third-order valence-electron chi connectivity index (χ3n) is 4.70. The van der Waals surface area contributed by atoms with E-state index in [1.807, 2.05) is 0 Å². The molecule has 0 spiro atoms. The highest BCUT2D eigenvalue weighted by Crippen LogP contribution is 2.34. The van der Waals surface area contributed by atoms with Crippen LogP contribution in [-0.2, 0) is 0 Å². The zero-order valence-corrected chi connectivity index (χ0v) is 17.5. The summed E-state index contributed by atoms with van der Waals surface area (Å²) in [5, 5.41) is 1.37. The Labute approximate surface area is 154 Å². The summed E-state index contributed by atoms with van der Waals surface area (Å²) in [6.07, 6.45) is 0.977. The lowest BCUT2D eigenvalue weighted by Crippen LogP contribution is -2.27. The van der Waals surface area contributed by atoms with Gasteiger partial charge in [-0.05, 0) is 54.7 Å². The van der Waals surface area contributed by atoms with Crippen molar-refractivity contribution in [2.45, 2.75) is 32.8 Å². The van der Waals surface area contributed by atoms with Crippen LogP contribution in [0.1, 0.15) is 27.2 Å². The van der Waals surface area contributed by atoms with Crippen LogP contribution < -0.4 is 9.92 Å². The molecule has 0 bridgehead atoms. The van der Waals surface area contributed by atoms with Gasteiger partial charge < -0.3 is 4.74 Å². The molecular weight excluding hydrogens is 320 g/mol. The molecule has 0 saturated heterocycles. The van der Waals surface area contributed by atoms with E-state index in [1.165, 1.54) is 27.4 Å². The first kappa shape index (κ1) is 17.5. The summed E-state index contributed by atoms with van der Waals surface area (Å²) >= 11 is 0. The Kier molecular flexibility index (Phi) is 5.10. The summed E-state index contributed by atoms with van der Waals surface area (Å²) in [7, 11) is 0.972. The van der Waals surface area contributed by atoms with E-state index < -0.39 is 0 Å². The third-order valence-corrected chi connectivity index (χ3v) is 5.49. The summed E-state index contributed by atoms with van der Waals surface area (Å²) in [6, 6.07) is 25.7. The Morgan fingerprint density at radius 2 is 1.40 bits per heavy atom. The van der Waals surface area contributed by atoms with Gasteiger partial charge in [0, 0.05) is 10.2 Å². The van der Waals surface area contributed by atoms with Crippen molar-refractivity contribution in [3.63, 3.8) is 0 Å².